The van der Waals surface area contributed by atoms with E-state index in [9.17, 15) is 34.2 Å². The Morgan fingerprint density at radius 2 is 1.69 bits per heavy atom. The van der Waals surface area contributed by atoms with Crippen LogP contribution in [-0.4, -0.2) is 44.9 Å². The van der Waals surface area contributed by atoms with E-state index in [0.29, 0.717) is 11.1 Å². The summed E-state index contributed by atoms with van der Waals surface area (Å²) in [7, 11) is 0. The van der Waals surface area contributed by atoms with E-state index in [4.69, 9.17) is 5.73 Å². The maximum atomic E-state index is 13.5. The first-order chi connectivity index (χ1) is 16.6. The van der Waals surface area contributed by atoms with Gasteiger partial charge in [-0.15, -0.1) is 0 Å². The molecule has 5 rings (SSSR count). The largest absolute Gasteiger partial charge is 0.507 e. The summed E-state index contributed by atoms with van der Waals surface area (Å²) in [5.41, 5.74) is 4.24. The lowest BCUT2D eigenvalue weighted by molar-refractivity contribution is -0.175. The average Bonchev–Trinajstić information content (AvgIpc) is 2.81. The van der Waals surface area contributed by atoms with Gasteiger partial charge in [-0.2, -0.15) is 0 Å². The molecule has 5 atom stereocenters. The van der Waals surface area contributed by atoms with Crippen LogP contribution in [0.1, 0.15) is 39.9 Å². The molecule has 0 aromatic heterocycles. The Hall–Kier alpha value is -4.09. The second kappa shape index (κ2) is 8.00. The summed E-state index contributed by atoms with van der Waals surface area (Å²) >= 11 is 0. The van der Waals surface area contributed by atoms with Gasteiger partial charge in [-0.05, 0) is 48.6 Å². The third kappa shape index (κ3) is 3.31. The number of hydrogen-bond acceptors (Lipinski definition) is 7. The molecule has 0 bridgehead atoms. The Labute approximate surface area is 200 Å². The number of phenolic OH excluding ortho intramolecular Hbond substituents is 1. The number of nitrogens with two attached hydrogens (primary N) is 1. The minimum atomic E-state index is -2.65. The number of carbonyl (C=O) groups is 5. The summed E-state index contributed by atoms with van der Waals surface area (Å²) in [6.07, 6.45) is -0.131. The van der Waals surface area contributed by atoms with E-state index >= 15 is 0 Å². The number of hydrogen-bond donors (Lipinski definition) is 3. The summed E-state index contributed by atoms with van der Waals surface area (Å²) in [6, 6.07) is 12.1. The molecule has 0 radical (unpaired) electrons. The third-order valence-corrected chi connectivity index (χ3v) is 7.40. The lowest BCUT2D eigenvalue weighted by atomic mass is 9.53. The molecule has 176 valence electrons. The normalized spacial score (nSPS) is 29.4. The van der Waals surface area contributed by atoms with Crippen LogP contribution in [0.2, 0.25) is 0 Å². The molecule has 8 nitrogen and oxygen atoms in total. The first-order valence-corrected chi connectivity index (χ1v) is 11.2. The number of fused-ring (bicyclic) bond motifs is 3. The van der Waals surface area contributed by atoms with Gasteiger partial charge in [0.1, 0.15) is 5.75 Å². The number of ketones is 4. The minimum Gasteiger partial charge on any atom is -0.507 e. The molecule has 2 unspecified atom stereocenters. The van der Waals surface area contributed by atoms with Crippen LogP contribution < -0.4 is 5.73 Å². The highest BCUT2D eigenvalue weighted by Crippen LogP contribution is 2.50. The van der Waals surface area contributed by atoms with Crippen molar-refractivity contribution in [1.82, 2.24) is 0 Å². The summed E-state index contributed by atoms with van der Waals surface area (Å²) in [6.45, 7) is 0. The smallest absolute Gasteiger partial charge is 0.235 e. The SMILES string of the molecule is NC(=O)C1C(=O)C[C@@H]2C[C@@H]3Cc4c(C#Cc5ccccc5)ccc(O)c4C(=O)C3C(=O)[C@]2(O)C1=O. The van der Waals surface area contributed by atoms with Crippen molar-refractivity contribution in [2.24, 2.45) is 29.4 Å². The fourth-order valence-corrected chi connectivity index (χ4v) is 5.75. The fraction of sp³-hybridized carbons (Fsp3) is 0.296. The number of primary amides is 1. The summed E-state index contributed by atoms with van der Waals surface area (Å²) in [4.78, 5) is 64.0. The Morgan fingerprint density at radius 3 is 2.37 bits per heavy atom. The molecule has 0 aliphatic heterocycles. The summed E-state index contributed by atoms with van der Waals surface area (Å²) in [5.74, 6) is -4.23. The van der Waals surface area contributed by atoms with Crippen LogP contribution in [0.3, 0.4) is 0 Å². The predicted octanol–water partition coefficient (Wildman–Crippen LogP) is 0.727. The molecule has 0 spiro atoms. The van der Waals surface area contributed by atoms with E-state index in [0.717, 1.165) is 5.56 Å². The van der Waals surface area contributed by atoms with Crippen LogP contribution in [0, 0.1) is 35.5 Å². The molecule has 0 heterocycles. The van der Waals surface area contributed by atoms with Gasteiger partial charge in [-0.1, -0.05) is 30.0 Å². The van der Waals surface area contributed by atoms with Crippen molar-refractivity contribution in [3.63, 3.8) is 0 Å². The average molecular weight is 471 g/mol. The van der Waals surface area contributed by atoms with Crippen LogP contribution in [0.25, 0.3) is 0 Å². The van der Waals surface area contributed by atoms with Crippen molar-refractivity contribution in [3.8, 4) is 17.6 Å². The van der Waals surface area contributed by atoms with Crippen molar-refractivity contribution in [2.45, 2.75) is 24.9 Å². The van der Waals surface area contributed by atoms with Gasteiger partial charge in [-0.25, -0.2) is 0 Å². The fourth-order valence-electron chi connectivity index (χ4n) is 5.75. The lowest BCUT2D eigenvalue weighted by Gasteiger charge is -2.48. The van der Waals surface area contributed by atoms with Crippen LogP contribution >= 0.6 is 0 Å². The standard InChI is InChI=1S/C27H21NO7/c28-26(34)22-19(30)12-16-10-15-11-17-14(7-6-13-4-2-1-3-5-13)8-9-18(29)21(17)23(31)20(15)24(32)27(16,35)25(22)33/h1-5,8-9,15-16,20,22,29,35H,10-12H2,(H2,28,34)/t15-,16+,20?,22?,27+/m1/s1. The van der Waals surface area contributed by atoms with Crippen molar-refractivity contribution < 1.29 is 34.2 Å². The Morgan fingerprint density at radius 1 is 0.971 bits per heavy atom. The van der Waals surface area contributed by atoms with Crippen molar-refractivity contribution in [3.05, 3.63) is 64.7 Å². The van der Waals surface area contributed by atoms with Gasteiger partial charge in [0.15, 0.2) is 34.7 Å². The molecule has 3 aliphatic rings. The molecular formula is C27H21NO7. The molecule has 2 aromatic rings. The van der Waals surface area contributed by atoms with Crippen LogP contribution in [0.5, 0.6) is 5.75 Å². The van der Waals surface area contributed by atoms with E-state index < -0.39 is 58.3 Å². The molecule has 3 aliphatic carbocycles. The minimum absolute atomic E-state index is 0.0439. The summed E-state index contributed by atoms with van der Waals surface area (Å²) in [5, 5.41) is 21.7. The highest BCUT2D eigenvalue weighted by atomic mass is 16.3. The van der Waals surface area contributed by atoms with Crippen molar-refractivity contribution in [1.29, 1.82) is 0 Å². The second-order valence-corrected chi connectivity index (χ2v) is 9.34. The number of phenols is 1. The van der Waals surface area contributed by atoms with Gasteiger partial charge >= 0.3 is 0 Å². The Balaban J connectivity index is 1.57. The van der Waals surface area contributed by atoms with E-state index in [1.807, 2.05) is 30.3 Å². The van der Waals surface area contributed by atoms with E-state index in [1.54, 1.807) is 6.07 Å². The van der Waals surface area contributed by atoms with E-state index in [-0.39, 0.29) is 30.6 Å². The topological polar surface area (TPSA) is 152 Å². The van der Waals surface area contributed by atoms with Crippen molar-refractivity contribution in [2.75, 3.05) is 0 Å². The van der Waals surface area contributed by atoms with Crippen LogP contribution in [0.15, 0.2) is 42.5 Å². The molecule has 8 heteroatoms. The molecule has 35 heavy (non-hydrogen) atoms. The zero-order valence-corrected chi connectivity index (χ0v) is 18.5. The van der Waals surface area contributed by atoms with Crippen LogP contribution in [0.4, 0.5) is 0 Å². The summed E-state index contributed by atoms with van der Waals surface area (Å²) < 4.78 is 0. The maximum absolute atomic E-state index is 13.5. The van der Waals surface area contributed by atoms with Crippen molar-refractivity contribution >= 4 is 29.0 Å². The van der Waals surface area contributed by atoms with Gasteiger partial charge in [0.2, 0.25) is 5.91 Å². The number of benzene rings is 2. The Bertz CT molecular complexity index is 1380. The maximum Gasteiger partial charge on any atom is 0.235 e. The lowest BCUT2D eigenvalue weighted by Crippen LogP contribution is -2.68. The quantitative estimate of drug-likeness (QED) is 0.409. The van der Waals surface area contributed by atoms with Crippen LogP contribution in [-0.2, 0) is 25.6 Å². The van der Waals surface area contributed by atoms with Gasteiger partial charge < -0.3 is 15.9 Å². The van der Waals surface area contributed by atoms with E-state index in [2.05, 4.69) is 11.8 Å². The number of rotatable bonds is 1. The molecule has 2 fully saturated rings. The highest BCUT2D eigenvalue weighted by Gasteiger charge is 2.66. The molecule has 2 aromatic carbocycles. The zero-order chi connectivity index (χ0) is 25.1. The second-order valence-electron chi connectivity index (χ2n) is 9.34. The monoisotopic (exact) mass is 471 g/mol. The predicted molar refractivity (Wildman–Crippen MR) is 121 cm³/mol. The Kier molecular flexibility index (Phi) is 5.18. The van der Waals surface area contributed by atoms with Gasteiger partial charge in [0.05, 0.1) is 11.5 Å². The van der Waals surface area contributed by atoms with Gasteiger partial charge in [0.25, 0.3) is 0 Å². The van der Waals surface area contributed by atoms with Gasteiger partial charge in [0, 0.05) is 23.5 Å². The molecule has 1 amide bonds. The zero-order valence-electron chi connectivity index (χ0n) is 18.5. The van der Waals surface area contributed by atoms with E-state index in [1.165, 1.54) is 6.07 Å². The van der Waals surface area contributed by atoms with Gasteiger partial charge in [-0.3, -0.25) is 24.0 Å². The number of aromatic hydroxyl groups is 1. The molecule has 2 saturated carbocycles. The molecular weight excluding hydrogens is 450 g/mol. The molecule has 0 saturated heterocycles. The molecule has 4 N–H and O–H groups in total. The number of aliphatic hydroxyl groups is 1. The number of amides is 1. The first-order valence-electron chi connectivity index (χ1n) is 11.2. The first kappa shape index (κ1) is 22.7. The highest BCUT2D eigenvalue weighted by molar-refractivity contribution is 6.31. The number of carbonyl (C=O) groups excluding carboxylic acids is 5. The number of Topliss-reactive ketones (excluding diaryl/α,β-unsaturated/α-hetero) is 4. The third-order valence-electron chi connectivity index (χ3n) is 7.40.